The maximum atomic E-state index is 11.5. The van der Waals surface area contributed by atoms with E-state index in [0.717, 1.165) is 31.6 Å². The monoisotopic (exact) mass is 426 g/mol. The van der Waals surface area contributed by atoms with Crippen LogP contribution in [0, 0.1) is 0 Å². The number of carbonyl (C=O) groups excluding carboxylic acids is 1. The van der Waals surface area contributed by atoms with Crippen LogP contribution >= 0.6 is 11.8 Å². The summed E-state index contributed by atoms with van der Waals surface area (Å²) in [6, 6.07) is 18.6. The maximum Gasteiger partial charge on any atom is 0.315 e. The third-order valence-corrected chi connectivity index (χ3v) is 7.05. The number of benzene rings is 2. The van der Waals surface area contributed by atoms with E-state index >= 15 is 0 Å². The fourth-order valence-electron chi connectivity index (χ4n) is 4.29. The summed E-state index contributed by atoms with van der Waals surface area (Å²) in [6.45, 7) is 3.72. The van der Waals surface area contributed by atoms with Crippen molar-refractivity contribution in [2.75, 3.05) is 44.7 Å². The fraction of sp³-hybridized carbons (Fsp3) is 0.435. The Labute approximate surface area is 182 Å². The van der Waals surface area contributed by atoms with Gasteiger partial charge in [0.05, 0.1) is 17.3 Å². The van der Waals surface area contributed by atoms with Crippen molar-refractivity contribution in [3.8, 4) is 0 Å². The van der Waals surface area contributed by atoms with Gasteiger partial charge in [0.2, 0.25) is 0 Å². The van der Waals surface area contributed by atoms with E-state index in [1.165, 1.54) is 9.79 Å². The predicted molar refractivity (Wildman–Crippen MR) is 121 cm³/mol. The molecule has 0 bridgehead atoms. The summed E-state index contributed by atoms with van der Waals surface area (Å²) in [7, 11) is 2.04. The van der Waals surface area contributed by atoms with Crippen LogP contribution in [0.25, 0.3) is 0 Å². The van der Waals surface area contributed by atoms with Crippen molar-refractivity contribution in [1.82, 2.24) is 15.5 Å². The van der Waals surface area contributed by atoms with Crippen molar-refractivity contribution in [1.29, 1.82) is 0 Å². The molecule has 0 saturated carbocycles. The second-order valence-corrected chi connectivity index (χ2v) is 9.42. The number of aliphatic hydroxyl groups excluding tert-OH is 1. The summed E-state index contributed by atoms with van der Waals surface area (Å²) < 4.78 is 0. The van der Waals surface area contributed by atoms with E-state index in [1.54, 1.807) is 11.8 Å². The van der Waals surface area contributed by atoms with Crippen LogP contribution in [0.15, 0.2) is 64.4 Å². The van der Waals surface area contributed by atoms with Crippen molar-refractivity contribution >= 4 is 23.5 Å². The Morgan fingerprint density at radius 2 is 1.83 bits per heavy atom. The van der Waals surface area contributed by atoms with Crippen LogP contribution in [0.5, 0.6) is 0 Å². The van der Waals surface area contributed by atoms with E-state index in [4.69, 9.17) is 0 Å². The lowest BCUT2D eigenvalue weighted by Crippen LogP contribution is -2.54. The molecule has 4 rings (SSSR count). The number of hydrogen-bond donors (Lipinski definition) is 3. The normalized spacial score (nSPS) is 19.3. The van der Waals surface area contributed by atoms with Crippen LogP contribution < -0.4 is 15.5 Å². The molecule has 3 N–H and O–H groups in total. The molecule has 0 radical (unpaired) electrons. The average molecular weight is 427 g/mol. The lowest BCUT2D eigenvalue weighted by molar-refractivity contribution is 0.0849. The van der Waals surface area contributed by atoms with E-state index in [-0.39, 0.29) is 11.6 Å². The van der Waals surface area contributed by atoms with E-state index in [1.807, 2.05) is 31.3 Å². The summed E-state index contributed by atoms with van der Waals surface area (Å²) in [4.78, 5) is 18.3. The number of para-hydroxylation sites is 1. The van der Waals surface area contributed by atoms with Crippen LogP contribution in [-0.2, 0) is 0 Å². The molecule has 2 saturated heterocycles. The first-order chi connectivity index (χ1) is 14.5. The highest BCUT2D eigenvalue weighted by Gasteiger charge is 2.40. The number of likely N-dealkylation sites (N-methyl/N-ethyl adjacent to an activating group) is 1. The molecule has 2 fully saturated rings. The van der Waals surface area contributed by atoms with Gasteiger partial charge >= 0.3 is 6.03 Å². The summed E-state index contributed by atoms with van der Waals surface area (Å²) in [6.07, 6.45) is 1.41. The molecule has 2 aliphatic heterocycles. The molecule has 0 aliphatic carbocycles. The number of piperidine rings is 1. The number of amides is 2. The smallest absolute Gasteiger partial charge is 0.315 e. The minimum absolute atomic E-state index is 0.0582. The molecule has 0 aromatic heterocycles. The second-order valence-electron chi connectivity index (χ2n) is 8.31. The summed E-state index contributed by atoms with van der Waals surface area (Å²) >= 11 is 1.74. The molecule has 30 heavy (non-hydrogen) atoms. The highest BCUT2D eigenvalue weighted by Crippen LogP contribution is 2.35. The zero-order chi connectivity index (χ0) is 21.0. The van der Waals surface area contributed by atoms with E-state index in [9.17, 15) is 9.90 Å². The Balaban J connectivity index is 1.31. The third-order valence-electron chi connectivity index (χ3n) is 5.98. The summed E-state index contributed by atoms with van der Waals surface area (Å²) in [5.74, 6) is 0. The molecule has 6 nitrogen and oxygen atoms in total. The van der Waals surface area contributed by atoms with Gasteiger partial charge in [-0.2, -0.15) is 0 Å². The Hall–Kier alpha value is -2.22. The zero-order valence-electron chi connectivity index (χ0n) is 17.4. The van der Waals surface area contributed by atoms with Crippen LogP contribution in [0.2, 0.25) is 0 Å². The van der Waals surface area contributed by atoms with Gasteiger partial charge in [-0.1, -0.05) is 42.1 Å². The molecule has 2 aromatic rings. The Morgan fingerprint density at radius 1 is 1.13 bits per heavy atom. The first kappa shape index (κ1) is 21.0. The quantitative estimate of drug-likeness (QED) is 0.635. The van der Waals surface area contributed by atoms with Crippen molar-refractivity contribution in [2.45, 2.75) is 34.3 Å². The zero-order valence-corrected chi connectivity index (χ0v) is 18.2. The van der Waals surface area contributed by atoms with Gasteiger partial charge in [-0.15, -0.1) is 0 Å². The molecule has 2 aromatic carbocycles. The number of urea groups is 1. The third kappa shape index (κ3) is 5.09. The van der Waals surface area contributed by atoms with E-state index < -0.39 is 6.10 Å². The minimum Gasteiger partial charge on any atom is -0.390 e. The topological polar surface area (TPSA) is 67.8 Å². The van der Waals surface area contributed by atoms with Crippen LogP contribution in [-0.4, -0.2) is 67.5 Å². The minimum atomic E-state index is -0.435. The Bertz CT molecular complexity index is 855. The first-order valence-corrected chi connectivity index (χ1v) is 11.3. The van der Waals surface area contributed by atoms with Gasteiger partial charge in [0.1, 0.15) is 0 Å². The molecule has 7 heteroatoms. The maximum absolute atomic E-state index is 11.5. The standard InChI is InChI=1S/C23H30N4O2S/c1-26(20-9-5-6-10-21(20)30-19-7-3-2-4-8-19)15-18(28)16-27-13-11-23(12-14-27)17-24-22(29)25-23/h2-10,18,28H,11-17H2,1H3,(H2,24,25,29). The number of likely N-dealkylation sites (tertiary alicyclic amines) is 1. The molecule has 2 heterocycles. The number of rotatable bonds is 7. The molecule has 1 unspecified atom stereocenters. The lowest BCUT2D eigenvalue weighted by atomic mass is 9.88. The first-order valence-electron chi connectivity index (χ1n) is 10.5. The Morgan fingerprint density at radius 3 is 2.53 bits per heavy atom. The molecular weight excluding hydrogens is 396 g/mol. The summed E-state index contributed by atoms with van der Waals surface area (Å²) in [5, 5.41) is 16.7. The number of nitrogens with one attached hydrogen (secondary N) is 2. The number of nitrogens with zero attached hydrogens (tertiary/aromatic N) is 2. The Kier molecular flexibility index (Phi) is 6.51. The van der Waals surface area contributed by atoms with Crippen molar-refractivity contribution < 1.29 is 9.90 Å². The highest BCUT2D eigenvalue weighted by molar-refractivity contribution is 7.99. The molecule has 160 valence electrons. The lowest BCUT2D eigenvalue weighted by Gasteiger charge is -2.39. The van der Waals surface area contributed by atoms with Gasteiger partial charge in [0.25, 0.3) is 0 Å². The molecule has 2 aliphatic rings. The largest absolute Gasteiger partial charge is 0.390 e. The number of hydrogen-bond acceptors (Lipinski definition) is 5. The average Bonchev–Trinajstić information content (AvgIpc) is 3.11. The molecule has 1 spiro atoms. The number of aliphatic hydroxyl groups is 1. The second kappa shape index (κ2) is 9.29. The van der Waals surface area contributed by atoms with Crippen molar-refractivity contribution in [3.63, 3.8) is 0 Å². The van der Waals surface area contributed by atoms with Gasteiger partial charge in [-0.3, -0.25) is 0 Å². The highest BCUT2D eigenvalue weighted by atomic mass is 32.2. The van der Waals surface area contributed by atoms with Gasteiger partial charge in [0.15, 0.2) is 0 Å². The van der Waals surface area contributed by atoms with Gasteiger partial charge in [0, 0.05) is 49.6 Å². The van der Waals surface area contributed by atoms with Gasteiger partial charge < -0.3 is 25.5 Å². The molecular formula is C23H30N4O2S. The predicted octanol–water partition coefficient (Wildman–Crippen LogP) is 2.78. The number of carbonyl (C=O) groups is 1. The van der Waals surface area contributed by atoms with Crippen LogP contribution in [0.1, 0.15) is 12.8 Å². The molecule has 1 atom stereocenters. The van der Waals surface area contributed by atoms with Crippen molar-refractivity contribution in [2.24, 2.45) is 0 Å². The van der Waals surface area contributed by atoms with Crippen LogP contribution in [0.3, 0.4) is 0 Å². The SMILES string of the molecule is CN(CC(O)CN1CCC2(CC1)CNC(=O)N2)c1ccccc1Sc1ccccc1. The van der Waals surface area contributed by atoms with E-state index in [0.29, 0.717) is 19.6 Å². The van der Waals surface area contributed by atoms with Crippen LogP contribution in [0.4, 0.5) is 10.5 Å². The van der Waals surface area contributed by atoms with Crippen molar-refractivity contribution in [3.05, 3.63) is 54.6 Å². The fourth-order valence-corrected chi connectivity index (χ4v) is 5.31. The summed E-state index contributed by atoms with van der Waals surface area (Å²) in [5.41, 5.74) is 1.03. The van der Waals surface area contributed by atoms with E-state index in [2.05, 4.69) is 50.8 Å². The molecule has 2 amide bonds. The number of anilines is 1. The van der Waals surface area contributed by atoms with Gasteiger partial charge in [-0.05, 0) is 37.1 Å². The number of β-amino-alcohol motifs (C(OH)–C–C–N with tert-alkyl or cyclic N) is 1. The van der Waals surface area contributed by atoms with Gasteiger partial charge in [-0.25, -0.2) is 4.79 Å².